The molecule has 174 valence electrons. The number of aryl methyl sites for hydroxylation is 1. The van der Waals surface area contributed by atoms with Gasteiger partial charge in [-0.25, -0.2) is 0 Å². The van der Waals surface area contributed by atoms with Crippen LogP contribution in [0.3, 0.4) is 0 Å². The van der Waals surface area contributed by atoms with Crippen molar-refractivity contribution in [3.8, 4) is 0 Å². The van der Waals surface area contributed by atoms with Gasteiger partial charge in [-0.05, 0) is 40.4 Å². The Balaban J connectivity index is -0.0000000947. The Morgan fingerprint density at radius 2 is 1.45 bits per heavy atom. The molecule has 0 spiro atoms. The van der Waals surface area contributed by atoms with Crippen LogP contribution in [0.15, 0.2) is 30.3 Å². The second-order valence-electron chi connectivity index (χ2n) is 5.37. The summed E-state index contributed by atoms with van der Waals surface area (Å²) in [6, 6.07) is 10.3. The first-order valence-corrected chi connectivity index (χ1v) is 8.65. The molecule has 1 aromatic rings. The molecule has 0 bridgehead atoms. The van der Waals surface area contributed by atoms with Crippen molar-refractivity contribution in [2.45, 2.75) is 61.1 Å². The van der Waals surface area contributed by atoms with E-state index in [0.717, 1.165) is 19.4 Å². The van der Waals surface area contributed by atoms with Crippen molar-refractivity contribution < 1.29 is 27.9 Å². The SMILES string of the molecule is C.C.CC.CNC(=O)CCCCN(C)C.Cc1ccccc1.O=C([O-])C(F)(F)F. The van der Waals surface area contributed by atoms with E-state index in [9.17, 15) is 18.0 Å². The summed E-state index contributed by atoms with van der Waals surface area (Å²) in [4.78, 5) is 21.6. The van der Waals surface area contributed by atoms with E-state index < -0.39 is 12.1 Å². The van der Waals surface area contributed by atoms with E-state index in [2.05, 4.69) is 29.3 Å². The zero-order valence-corrected chi connectivity index (χ0v) is 17.0. The summed E-state index contributed by atoms with van der Waals surface area (Å²) in [5.41, 5.74) is 1.32. The molecule has 0 aliphatic carbocycles. The molecule has 0 saturated carbocycles. The highest BCUT2D eigenvalue weighted by Crippen LogP contribution is 2.11. The number of alkyl halides is 3. The van der Waals surface area contributed by atoms with E-state index in [4.69, 9.17) is 9.90 Å². The highest BCUT2D eigenvalue weighted by molar-refractivity contribution is 5.75. The number of carboxylic acid groups (broad SMARTS) is 1. The molecule has 0 aromatic heterocycles. The van der Waals surface area contributed by atoms with E-state index in [1.54, 1.807) is 7.05 Å². The number of halogens is 3. The fourth-order valence-corrected chi connectivity index (χ4v) is 1.37. The van der Waals surface area contributed by atoms with Gasteiger partial charge < -0.3 is 20.1 Å². The number of rotatable bonds is 5. The number of amides is 1. The van der Waals surface area contributed by atoms with Crippen molar-refractivity contribution in [1.29, 1.82) is 0 Å². The van der Waals surface area contributed by atoms with Crippen molar-refractivity contribution in [3.63, 3.8) is 0 Å². The van der Waals surface area contributed by atoms with E-state index >= 15 is 0 Å². The normalized spacial score (nSPS) is 8.90. The minimum absolute atomic E-state index is 0. The molecular formula is C21H40F3N2O3-. The van der Waals surface area contributed by atoms with Gasteiger partial charge in [0.05, 0.1) is 0 Å². The fourth-order valence-electron chi connectivity index (χ4n) is 1.37. The summed E-state index contributed by atoms with van der Waals surface area (Å²) in [6.07, 6.45) is -2.46. The highest BCUT2D eigenvalue weighted by atomic mass is 19.4. The molecule has 0 radical (unpaired) electrons. The molecule has 1 amide bonds. The van der Waals surface area contributed by atoms with E-state index in [-0.39, 0.29) is 20.8 Å². The number of hydrogen-bond donors (Lipinski definition) is 1. The van der Waals surface area contributed by atoms with Crippen LogP contribution in [0.2, 0.25) is 0 Å². The lowest BCUT2D eigenvalue weighted by molar-refractivity contribution is -0.344. The summed E-state index contributed by atoms with van der Waals surface area (Å²) in [7, 11) is 5.76. The van der Waals surface area contributed by atoms with Gasteiger partial charge in [0.25, 0.3) is 0 Å². The molecule has 0 aliphatic rings. The minimum Gasteiger partial charge on any atom is -0.542 e. The van der Waals surface area contributed by atoms with Crippen molar-refractivity contribution in [1.82, 2.24) is 10.2 Å². The van der Waals surface area contributed by atoms with Gasteiger partial charge >= 0.3 is 6.18 Å². The maximum absolute atomic E-state index is 10.7. The Morgan fingerprint density at radius 3 is 1.69 bits per heavy atom. The second kappa shape index (κ2) is 23.9. The van der Waals surface area contributed by atoms with Crippen LogP contribution in [0, 0.1) is 6.92 Å². The van der Waals surface area contributed by atoms with Gasteiger partial charge in [-0.3, -0.25) is 4.79 Å². The van der Waals surface area contributed by atoms with Crippen LogP contribution in [0.25, 0.3) is 0 Å². The van der Waals surface area contributed by atoms with E-state index in [1.165, 1.54) is 5.56 Å². The Kier molecular flexibility index (Phi) is 31.1. The van der Waals surface area contributed by atoms with Gasteiger partial charge in [-0.1, -0.05) is 64.6 Å². The monoisotopic (exact) mass is 425 g/mol. The molecule has 0 atom stereocenters. The number of nitrogens with zero attached hydrogens (tertiary/aromatic N) is 1. The first-order valence-electron chi connectivity index (χ1n) is 8.65. The predicted molar refractivity (Wildman–Crippen MR) is 114 cm³/mol. The minimum atomic E-state index is -5.19. The van der Waals surface area contributed by atoms with Crippen LogP contribution in [0.5, 0.6) is 0 Å². The number of hydrogen-bond acceptors (Lipinski definition) is 4. The number of carbonyl (C=O) groups excluding carboxylic acids is 2. The van der Waals surface area contributed by atoms with Gasteiger partial charge in [0.15, 0.2) is 0 Å². The van der Waals surface area contributed by atoms with Gasteiger partial charge in [0.2, 0.25) is 5.91 Å². The molecule has 1 aromatic carbocycles. The number of benzene rings is 1. The Morgan fingerprint density at radius 1 is 1.03 bits per heavy atom. The molecule has 0 heterocycles. The smallest absolute Gasteiger partial charge is 0.430 e. The molecule has 5 nitrogen and oxygen atoms in total. The maximum Gasteiger partial charge on any atom is 0.430 e. The van der Waals surface area contributed by atoms with Crippen LogP contribution in [-0.2, 0) is 9.59 Å². The molecule has 0 aliphatic heterocycles. The summed E-state index contributed by atoms with van der Waals surface area (Å²) < 4.78 is 31.5. The number of unbranched alkanes of at least 4 members (excludes halogenated alkanes) is 1. The van der Waals surface area contributed by atoms with Crippen LogP contribution >= 0.6 is 0 Å². The van der Waals surface area contributed by atoms with Crippen molar-refractivity contribution >= 4 is 11.9 Å². The number of carboxylic acids is 1. The van der Waals surface area contributed by atoms with Crippen LogP contribution < -0.4 is 10.4 Å². The standard InChI is InChI=1S/C8H18N2O.C7H8.C2HF3O2.C2H6.2CH4/c1-9-8(11)6-4-5-7-10(2)3;1-7-5-3-2-4-6-7;3-2(4,5)1(6)7;1-2;;/h4-7H2,1-3H3,(H,9,11);2-6H,1H3;(H,6,7);1-2H3;2*1H4/p-1. The Hall–Kier alpha value is -2.09. The Labute approximate surface area is 175 Å². The molecule has 8 heteroatoms. The average molecular weight is 426 g/mol. The average Bonchev–Trinajstić information content (AvgIpc) is 2.61. The third kappa shape index (κ3) is 33.9. The molecule has 1 N–H and O–H groups in total. The first-order chi connectivity index (χ1) is 12.5. The molecule has 0 fully saturated rings. The fraction of sp³-hybridized carbons (Fsp3) is 0.619. The lowest BCUT2D eigenvalue weighted by atomic mass is 10.2. The largest absolute Gasteiger partial charge is 0.542 e. The van der Waals surface area contributed by atoms with Crippen LogP contribution in [0.4, 0.5) is 13.2 Å². The highest BCUT2D eigenvalue weighted by Gasteiger charge is 2.28. The zero-order chi connectivity index (χ0) is 21.9. The lowest BCUT2D eigenvalue weighted by Gasteiger charge is -2.07. The molecular weight excluding hydrogens is 385 g/mol. The molecule has 29 heavy (non-hydrogen) atoms. The third-order valence-corrected chi connectivity index (χ3v) is 2.71. The number of nitrogens with one attached hydrogen (secondary N) is 1. The number of aliphatic carboxylic acids is 1. The summed E-state index contributed by atoms with van der Waals surface area (Å²) in [5, 5.41) is 11.4. The van der Waals surface area contributed by atoms with Crippen LogP contribution in [0.1, 0.15) is 53.5 Å². The Bertz CT molecular complexity index is 480. The topological polar surface area (TPSA) is 72.5 Å². The second-order valence-corrected chi connectivity index (χ2v) is 5.37. The quantitative estimate of drug-likeness (QED) is 0.722. The van der Waals surface area contributed by atoms with Crippen LogP contribution in [-0.4, -0.2) is 50.6 Å². The molecule has 1 rings (SSSR count). The van der Waals surface area contributed by atoms with E-state index in [1.807, 2.05) is 46.1 Å². The van der Waals surface area contributed by atoms with Gasteiger partial charge in [0, 0.05) is 13.5 Å². The lowest BCUT2D eigenvalue weighted by Crippen LogP contribution is -2.37. The summed E-state index contributed by atoms with van der Waals surface area (Å²) in [6.45, 7) is 7.15. The number of carbonyl (C=O) groups is 2. The summed E-state index contributed by atoms with van der Waals surface area (Å²) in [5.74, 6) is -2.86. The third-order valence-electron chi connectivity index (χ3n) is 2.71. The van der Waals surface area contributed by atoms with Gasteiger partial charge in [-0.2, -0.15) is 13.2 Å². The van der Waals surface area contributed by atoms with Gasteiger partial charge in [0.1, 0.15) is 5.97 Å². The molecule has 0 unspecified atom stereocenters. The summed E-state index contributed by atoms with van der Waals surface area (Å²) >= 11 is 0. The van der Waals surface area contributed by atoms with Crippen molar-refractivity contribution in [2.75, 3.05) is 27.7 Å². The van der Waals surface area contributed by atoms with E-state index in [0.29, 0.717) is 6.42 Å². The maximum atomic E-state index is 10.7. The van der Waals surface area contributed by atoms with Crippen molar-refractivity contribution in [2.24, 2.45) is 0 Å². The first kappa shape index (κ1) is 37.6. The van der Waals surface area contributed by atoms with Gasteiger partial charge in [-0.15, -0.1) is 0 Å². The zero-order valence-electron chi connectivity index (χ0n) is 17.0. The van der Waals surface area contributed by atoms with Crippen molar-refractivity contribution in [3.05, 3.63) is 35.9 Å². The molecule has 0 saturated heterocycles. The predicted octanol–water partition coefficient (Wildman–Crippen LogP) is 4.06.